The van der Waals surface area contributed by atoms with Gasteiger partial charge in [0.1, 0.15) is 29.6 Å². The van der Waals surface area contributed by atoms with E-state index in [4.69, 9.17) is 4.74 Å². The molecule has 0 aromatic heterocycles. The highest BCUT2D eigenvalue weighted by Gasteiger charge is 2.36. The summed E-state index contributed by atoms with van der Waals surface area (Å²) in [6.45, 7) is 2.93. The Balaban J connectivity index is 1.48. The zero-order valence-corrected chi connectivity index (χ0v) is 23.2. The van der Waals surface area contributed by atoms with Gasteiger partial charge in [-0.15, -0.1) is 0 Å². The number of aliphatic carboxylic acids is 1. The van der Waals surface area contributed by atoms with Crippen molar-refractivity contribution in [1.29, 1.82) is 0 Å². The maximum atomic E-state index is 13.8. The van der Waals surface area contributed by atoms with Crippen LogP contribution in [0.4, 0.5) is 0 Å². The molecule has 3 aliphatic rings. The highest BCUT2D eigenvalue weighted by atomic mass is 16.5. The van der Waals surface area contributed by atoms with Crippen LogP contribution < -0.4 is 15.4 Å². The lowest BCUT2D eigenvalue weighted by Crippen LogP contribution is -2.57. The Morgan fingerprint density at radius 1 is 0.854 bits per heavy atom. The Labute approximate surface area is 240 Å². The molecule has 218 valence electrons. The molecule has 10 heteroatoms. The zero-order chi connectivity index (χ0) is 28.8. The lowest BCUT2D eigenvalue weighted by atomic mass is 10.0. The predicted molar refractivity (Wildman–Crippen MR) is 152 cm³/mol. The minimum atomic E-state index is -1.20. The minimum Gasteiger partial charge on any atom is -0.480 e. The summed E-state index contributed by atoms with van der Waals surface area (Å²) in [6.07, 6.45) is 5.04. The number of rotatable bonds is 5. The molecule has 0 spiro atoms. The molecular weight excluding hydrogens is 524 g/mol. The van der Waals surface area contributed by atoms with Crippen LogP contribution in [0, 0.1) is 0 Å². The van der Waals surface area contributed by atoms with Crippen LogP contribution in [0.2, 0.25) is 0 Å². The second-order valence-corrected chi connectivity index (χ2v) is 11.2. The molecule has 0 aliphatic carbocycles. The van der Waals surface area contributed by atoms with Gasteiger partial charge < -0.3 is 30.3 Å². The smallest absolute Gasteiger partial charge is 0.326 e. The third kappa shape index (κ3) is 7.43. The number of carboxylic acid groups (broad SMARTS) is 1. The van der Waals surface area contributed by atoms with Crippen LogP contribution >= 0.6 is 0 Å². The van der Waals surface area contributed by atoms with E-state index in [-0.39, 0.29) is 18.7 Å². The summed E-state index contributed by atoms with van der Waals surface area (Å²) in [6, 6.07) is 11.6. The van der Waals surface area contributed by atoms with Crippen LogP contribution in [0.5, 0.6) is 11.5 Å². The van der Waals surface area contributed by atoms with Crippen molar-refractivity contribution >= 4 is 23.7 Å². The topological polar surface area (TPSA) is 128 Å². The number of carbonyl (C=O) groups excluding carboxylic acids is 3. The van der Waals surface area contributed by atoms with Gasteiger partial charge in [-0.2, -0.15) is 0 Å². The number of ether oxygens (including phenoxy) is 1. The van der Waals surface area contributed by atoms with Crippen molar-refractivity contribution in [3.63, 3.8) is 0 Å². The van der Waals surface area contributed by atoms with Gasteiger partial charge in [0.25, 0.3) is 0 Å². The maximum Gasteiger partial charge on any atom is 0.326 e. The zero-order valence-electron chi connectivity index (χ0n) is 23.2. The molecule has 3 heterocycles. The van der Waals surface area contributed by atoms with E-state index in [1.54, 1.807) is 29.2 Å². The molecule has 2 aromatic carbocycles. The van der Waals surface area contributed by atoms with Crippen LogP contribution in [0.1, 0.15) is 49.7 Å². The molecule has 0 radical (unpaired) electrons. The van der Waals surface area contributed by atoms with Gasteiger partial charge >= 0.3 is 5.97 Å². The Morgan fingerprint density at radius 2 is 1.54 bits per heavy atom. The third-order valence-electron chi connectivity index (χ3n) is 8.12. The van der Waals surface area contributed by atoms with Crippen LogP contribution in [0.25, 0.3) is 0 Å². The van der Waals surface area contributed by atoms with Gasteiger partial charge in [-0.25, -0.2) is 4.79 Å². The highest BCUT2D eigenvalue weighted by Crippen LogP contribution is 2.26. The number of fused-ring (bicyclic) bond motifs is 4. The summed E-state index contributed by atoms with van der Waals surface area (Å²) in [5.41, 5.74) is 1.52. The number of carbonyl (C=O) groups is 4. The fraction of sp³-hybridized carbons (Fsp3) is 0.484. The molecule has 2 aromatic rings. The number of hydrogen-bond donors (Lipinski definition) is 3. The van der Waals surface area contributed by atoms with E-state index in [1.807, 2.05) is 24.3 Å². The van der Waals surface area contributed by atoms with Crippen molar-refractivity contribution in [1.82, 2.24) is 20.4 Å². The van der Waals surface area contributed by atoms with Gasteiger partial charge in [0, 0.05) is 32.4 Å². The predicted octanol–water partition coefficient (Wildman–Crippen LogP) is 2.50. The van der Waals surface area contributed by atoms with Crippen LogP contribution in [-0.2, 0) is 32.0 Å². The van der Waals surface area contributed by atoms with E-state index in [9.17, 15) is 24.3 Å². The summed E-state index contributed by atoms with van der Waals surface area (Å²) in [5, 5.41) is 15.6. The SMILES string of the molecule is O=C(O)[C@@H]1Cc2cccc(c2)Oc2cccc(c2)C[C@H](N2CCCC2=O)C(=O)N[C@@H](CCN2CCCCC2)C(=O)N1. The number of likely N-dealkylation sites (tertiary alicyclic amines) is 2. The van der Waals surface area contributed by atoms with Crippen molar-refractivity contribution in [2.75, 3.05) is 26.2 Å². The standard InChI is InChI=1S/C31H38N4O6/c36-28-11-6-15-35(28)27-20-22-8-5-10-24(18-22)41-23-9-4-7-21(17-23)19-26(31(39)40)33-29(37)25(32-30(27)38)12-16-34-13-2-1-3-14-34/h4-5,7-10,17-18,25-27H,1-3,6,11-16,19-20H2,(H,32,38)(H,33,37)(H,39,40)/t25-,26-,27-/m0/s1. The van der Waals surface area contributed by atoms with E-state index >= 15 is 0 Å². The lowest BCUT2D eigenvalue weighted by Gasteiger charge is -2.31. The molecule has 2 saturated heterocycles. The lowest BCUT2D eigenvalue weighted by molar-refractivity contribution is -0.143. The Morgan fingerprint density at radius 3 is 2.17 bits per heavy atom. The number of nitrogens with zero attached hydrogens (tertiary/aromatic N) is 2. The summed E-state index contributed by atoms with van der Waals surface area (Å²) in [7, 11) is 0. The fourth-order valence-electron chi connectivity index (χ4n) is 5.91. The molecule has 0 saturated carbocycles. The Bertz CT molecular complexity index is 1280. The van der Waals surface area contributed by atoms with Crippen LogP contribution in [-0.4, -0.2) is 82.9 Å². The first-order valence-electron chi connectivity index (χ1n) is 14.6. The van der Waals surface area contributed by atoms with Crippen LogP contribution in [0.3, 0.4) is 0 Å². The summed E-state index contributed by atoms with van der Waals surface area (Å²) >= 11 is 0. The van der Waals surface area contributed by atoms with Crippen LogP contribution in [0.15, 0.2) is 48.5 Å². The third-order valence-corrected chi connectivity index (χ3v) is 8.12. The molecule has 3 atom stereocenters. The average molecular weight is 563 g/mol. The second kappa shape index (κ2) is 13.2. The van der Waals surface area contributed by atoms with Crippen molar-refractivity contribution < 1.29 is 29.0 Å². The average Bonchev–Trinajstić information content (AvgIpc) is 3.39. The number of piperidine rings is 1. The summed E-state index contributed by atoms with van der Waals surface area (Å²) in [4.78, 5) is 56.3. The molecule has 3 aliphatic heterocycles. The first kappa shape index (κ1) is 28.6. The van der Waals surface area contributed by atoms with Crippen molar-refractivity contribution in [2.24, 2.45) is 0 Å². The van der Waals surface area contributed by atoms with E-state index < -0.39 is 35.9 Å². The minimum absolute atomic E-state index is 0.0516. The summed E-state index contributed by atoms with van der Waals surface area (Å²) < 4.78 is 6.07. The summed E-state index contributed by atoms with van der Waals surface area (Å²) in [5.74, 6) is -1.12. The molecule has 41 heavy (non-hydrogen) atoms. The molecule has 0 unspecified atom stereocenters. The molecule has 3 amide bonds. The second-order valence-electron chi connectivity index (χ2n) is 11.2. The molecule has 4 bridgehead atoms. The van der Waals surface area contributed by atoms with Gasteiger partial charge in [-0.1, -0.05) is 30.7 Å². The Kier molecular flexibility index (Phi) is 9.18. The van der Waals surface area contributed by atoms with Gasteiger partial charge in [0.05, 0.1) is 0 Å². The van der Waals surface area contributed by atoms with Gasteiger partial charge in [0.15, 0.2) is 0 Å². The van der Waals surface area contributed by atoms with E-state index in [0.29, 0.717) is 49.4 Å². The molecule has 5 rings (SSSR count). The first-order chi connectivity index (χ1) is 19.9. The van der Waals surface area contributed by atoms with Crippen molar-refractivity contribution in [3.05, 3.63) is 59.7 Å². The number of benzene rings is 2. The molecule has 10 nitrogen and oxygen atoms in total. The molecule has 2 fully saturated rings. The monoisotopic (exact) mass is 562 g/mol. The number of hydrogen-bond acceptors (Lipinski definition) is 6. The van der Waals surface area contributed by atoms with Crippen molar-refractivity contribution in [2.45, 2.75) is 69.5 Å². The van der Waals surface area contributed by atoms with Gasteiger partial charge in [-0.05, 0) is 74.2 Å². The van der Waals surface area contributed by atoms with Gasteiger partial charge in [-0.3, -0.25) is 14.4 Å². The number of nitrogens with one attached hydrogen (secondary N) is 2. The number of amides is 3. The largest absolute Gasteiger partial charge is 0.480 e. The van der Waals surface area contributed by atoms with E-state index in [2.05, 4.69) is 15.5 Å². The first-order valence-corrected chi connectivity index (χ1v) is 14.6. The normalized spacial score (nSPS) is 24.3. The fourth-order valence-corrected chi connectivity index (χ4v) is 5.91. The molecular formula is C31H38N4O6. The quantitative estimate of drug-likeness (QED) is 0.511. The van der Waals surface area contributed by atoms with E-state index in [0.717, 1.165) is 31.5 Å². The van der Waals surface area contributed by atoms with Crippen molar-refractivity contribution in [3.8, 4) is 11.5 Å². The Hall–Kier alpha value is -3.92. The molecule has 3 N–H and O–H groups in total. The maximum absolute atomic E-state index is 13.8. The highest BCUT2D eigenvalue weighted by molar-refractivity contribution is 5.94. The number of carboxylic acids is 1. The van der Waals surface area contributed by atoms with E-state index in [1.165, 1.54) is 6.42 Å². The van der Waals surface area contributed by atoms with Gasteiger partial charge in [0.2, 0.25) is 17.7 Å².